The van der Waals surface area contributed by atoms with Crippen molar-refractivity contribution in [2.75, 3.05) is 5.32 Å². The Morgan fingerprint density at radius 1 is 0.833 bits per heavy atom. The molecule has 3 aromatic carbocycles. The van der Waals surface area contributed by atoms with E-state index in [0.717, 1.165) is 16.6 Å². The van der Waals surface area contributed by atoms with Crippen molar-refractivity contribution < 1.29 is 17.9 Å². The molecule has 0 aliphatic carbocycles. The molecule has 152 valence electrons. The highest BCUT2D eigenvalue weighted by Gasteiger charge is 2.31. The molecule has 1 atom stereocenters. The molecular weight excluding hydrogens is 413 g/mol. The van der Waals surface area contributed by atoms with Gasteiger partial charge in [0.15, 0.2) is 0 Å². The van der Waals surface area contributed by atoms with Crippen LogP contribution in [-0.2, 0) is 0 Å². The van der Waals surface area contributed by atoms with Gasteiger partial charge in [0.25, 0.3) is 0 Å². The van der Waals surface area contributed by atoms with Gasteiger partial charge in [-0.05, 0) is 42.0 Å². The summed E-state index contributed by atoms with van der Waals surface area (Å²) in [4.78, 5) is 4.72. The number of halogens is 4. The number of rotatable bonds is 5. The SMILES string of the molecule is FC(F)(F)Oc1ccc(C(Nc2ccccc2)c2ccc3cccc(Cl)c3n2)cc1. The van der Waals surface area contributed by atoms with Crippen LogP contribution in [0.3, 0.4) is 0 Å². The molecule has 0 spiro atoms. The highest BCUT2D eigenvalue weighted by Crippen LogP contribution is 2.31. The fourth-order valence-electron chi connectivity index (χ4n) is 3.18. The predicted molar refractivity (Wildman–Crippen MR) is 112 cm³/mol. The van der Waals surface area contributed by atoms with Gasteiger partial charge in [-0.2, -0.15) is 0 Å². The summed E-state index contributed by atoms with van der Waals surface area (Å²) in [6.45, 7) is 0. The second-order valence-corrected chi connectivity index (χ2v) is 7.02. The lowest BCUT2D eigenvalue weighted by molar-refractivity contribution is -0.274. The summed E-state index contributed by atoms with van der Waals surface area (Å²) in [5.41, 5.74) is 2.92. The molecule has 1 aromatic heterocycles. The summed E-state index contributed by atoms with van der Waals surface area (Å²) in [7, 11) is 0. The molecule has 3 nitrogen and oxygen atoms in total. The average Bonchev–Trinajstić information content (AvgIpc) is 2.73. The fourth-order valence-corrected chi connectivity index (χ4v) is 3.40. The molecule has 30 heavy (non-hydrogen) atoms. The smallest absolute Gasteiger partial charge is 0.406 e. The average molecular weight is 429 g/mol. The molecule has 0 amide bonds. The Morgan fingerprint density at radius 3 is 2.27 bits per heavy atom. The van der Waals surface area contributed by atoms with Gasteiger partial charge in [0, 0.05) is 11.1 Å². The maximum atomic E-state index is 12.5. The van der Waals surface area contributed by atoms with Crippen molar-refractivity contribution in [2.24, 2.45) is 0 Å². The molecule has 4 rings (SSSR count). The van der Waals surface area contributed by atoms with E-state index in [0.29, 0.717) is 16.2 Å². The van der Waals surface area contributed by atoms with E-state index in [1.807, 2.05) is 54.6 Å². The van der Waals surface area contributed by atoms with Gasteiger partial charge in [-0.25, -0.2) is 4.98 Å². The van der Waals surface area contributed by atoms with Crippen molar-refractivity contribution in [2.45, 2.75) is 12.4 Å². The highest BCUT2D eigenvalue weighted by molar-refractivity contribution is 6.35. The fraction of sp³-hybridized carbons (Fsp3) is 0.0870. The van der Waals surface area contributed by atoms with E-state index in [2.05, 4.69) is 10.1 Å². The quantitative estimate of drug-likeness (QED) is 0.372. The molecule has 1 unspecified atom stereocenters. The molecule has 0 saturated heterocycles. The monoisotopic (exact) mass is 428 g/mol. The maximum Gasteiger partial charge on any atom is 0.573 e. The predicted octanol–water partition coefficient (Wildman–Crippen LogP) is 6.99. The number of hydrogen-bond acceptors (Lipinski definition) is 3. The minimum absolute atomic E-state index is 0.278. The van der Waals surface area contributed by atoms with Gasteiger partial charge in [-0.3, -0.25) is 0 Å². The van der Waals surface area contributed by atoms with Gasteiger partial charge in [-0.1, -0.05) is 60.1 Å². The number of anilines is 1. The van der Waals surface area contributed by atoms with E-state index in [-0.39, 0.29) is 5.75 Å². The van der Waals surface area contributed by atoms with Gasteiger partial charge < -0.3 is 10.1 Å². The summed E-state index contributed by atoms with van der Waals surface area (Å²) in [5, 5.41) is 4.83. The Balaban J connectivity index is 1.74. The number of nitrogens with one attached hydrogen (secondary N) is 1. The minimum Gasteiger partial charge on any atom is -0.406 e. The third-order valence-electron chi connectivity index (χ3n) is 4.52. The number of hydrogen-bond donors (Lipinski definition) is 1. The van der Waals surface area contributed by atoms with Crippen molar-refractivity contribution >= 4 is 28.2 Å². The van der Waals surface area contributed by atoms with Crippen LogP contribution in [0.15, 0.2) is 84.9 Å². The van der Waals surface area contributed by atoms with E-state index >= 15 is 0 Å². The van der Waals surface area contributed by atoms with Gasteiger partial charge in [0.05, 0.1) is 22.3 Å². The summed E-state index contributed by atoms with van der Waals surface area (Å²) in [5.74, 6) is -0.278. The summed E-state index contributed by atoms with van der Waals surface area (Å²) >= 11 is 6.32. The van der Waals surface area contributed by atoms with Crippen molar-refractivity contribution in [1.82, 2.24) is 4.98 Å². The largest absolute Gasteiger partial charge is 0.573 e. The number of alkyl halides is 3. The Labute approximate surface area is 176 Å². The van der Waals surface area contributed by atoms with E-state index in [1.54, 1.807) is 18.2 Å². The van der Waals surface area contributed by atoms with Gasteiger partial charge >= 0.3 is 6.36 Å². The van der Waals surface area contributed by atoms with E-state index in [9.17, 15) is 13.2 Å². The van der Waals surface area contributed by atoms with Crippen LogP contribution in [0.5, 0.6) is 5.75 Å². The molecule has 0 saturated carbocycles. The molecule has 1 N–H and O–H groups in total. The van der Waals surface area contributed by atoms with Crippen molar-refractivity contribution in [3.63, 3.8) is 0 Å². The molecule has 0 bridgehead atoms. The summed E-state index contributed by atoms with van der Waals surface area (Å²) in [6.07, 6.45) is -4.74. The second kappa shape index (κ2) is 8.24. The highest BCUT2D eigenvalue weighted by atomic mass is 35.5. The number of aromatic nitrogens is 1. The third-order valence-corrected chi connectivity index (χ3v) is 4.83. The minimum atomic E-state index is -4.74. The lowest BCUT2D eigenvalue weighted by Crippen LogP contribution is -2.17. The summed E-state index contributed by atoms with van der Waals surface area (Å²) < 4.78 is 41.4. The van der Waals surface area contributed by atoms with Crippen LogP contribution in [0.25, 0.3) is 10.9 Å². The maximum absolute atomic E-state index is 12.5. The Bertz CT molecular complexity index is 1150. The zero-order chi connectivity index (χ0) is 21.1. The van der Waals surface area contributed by atoms with Crippen molar-refractivity contribution in [1.29, 1.82) is 0 Å². The first-order chi connectivity index (χ1) is 14.4. The molecule has 7 heteroatoms. The first kappa shape index (κ1) is 20.0. The first-order valence-electron chi connectivity index (χ1n) is 9.11. The second-order valence-electron chi connectivity index (χ2n) is 6.61. The lowest BCUT2D eigenvalue weighted by atomic mass is 10.0. The standard InChI is InChI=1S/C23H16ClF3N2O/c24-19-8-4-5-15-11-14-20(29-21(15)19)22(28-17-6-2-1-3-7-17)16-9-12-18(13-10-16)30-23(25,26)27/h1-14,22,28H. The number of pyridine rings is 1. The zero-order valence-corrected chi connectivity index (χ0v) is 16.3. The van der Waals surface area contributed by atoms with Crippen LogP contribution in [0.4, 0.5) is 18.9 Å². The zero-order valence-electron chi connectivity index (χ0n) is 15.5. The molecule has 4 aromatic rings. The molecule has 0 radical (unpaired) electrons. The lowest BCUT2D eigenvalue weighted by Gasteiger charge is -2.21. The Hall–Kier alpha value is -3.25. The van der Waals surface area contributed by atoms with E-state index in [4.69, 9.17) is 16.6 Å². The topological polar surface area (TPSA) is 34.1 Å². The van der Waals surface area contributed by atoms with Gasteiger partial charge in [0.2, 0.25) is 0 Å². The van der Waals surface area contributed by atoms with E-state index < -0.39 is 12.4 Å². The van der Waals surface area contributed by atoms with Crippen LogP contribution in [0, 0.1) is 0 Å². The first-order valence-corrected chi connectivity index (χ1v) is 9.49. The normalized spacial score (nSPS) is 12.5. The number of para-hydroxylation sites is 2. The van der Waals surface area contributed by atoms with Crippen LogP contribution in [-0.4, -0.2) is 11.3 Å². The van der Waals surface area contributed by atoms with Crippen molar-refractivity contribution in [3.8, 4) is 5.75 Å². The number of ether oxygens (including phenoxy) is 1. The number of fused-ring (bicyclic) bond motifs is 1. The van der Waals surface area contributed by atoms with Crippen LogP contribution >= 0.6 is 11.6 Å². The number of nitrogens with zero attached hydrogens (tertiary/aromatic N) is 1. The van der Waals surface area contributed by atoms with Gasteiger partial charge in [0.1, 0.15) is 5.75 Å². The van der Waals surface area contributed by atoms with E-state index in [1.165, 1.54) is 12.1 Å². The Kier molecular flexibility index (Phi) is 5.50. The van der Waals surface area contributed by atoms with Crippen molar-refractivity contribution in [3.05, 3.63) is 101 Å². The number of benzene rings is 3. The molecule has 0 aliphatic heterocycles. The molecule has 0 aliphatic rings. The van der Waals surface area contributed by atoms with Gasteiger partial charge in [-0.15, -0.1) is 13.2 Å². The Morgan fingerprint density at radius 2 is 1.57 bits per heavy atom. The molecule has 0 fully saturated rings. The summed E-state index contributed by atoms with van der Waals surface area (Å²) in [6, 6.07) is 24.2. The van der Waals surface area contributed by atoms with Crippen LogP contribution in [0.2, 0.25) is 5.02 Å². The molecular formula is C23H16ClF3N2O. The third kappa shape index (κ3) is 4.66. The van der Waals surface area contributed by atoms with Crippen LogP contribution < -0.4 is 10.1 Å². The molecule has 1 heterocycles. The van der Waals surface area contributed by atoms with Crippen LogP contribution in [0.1, 0.15) is 17.3 Å².